The highest BCUT2D eigenvalue weighted by molar-refractivity contribution is 5.76. The fourth-order valence-electron chi connectivity index (χ4n) is 3.45. The molecular formula is C24H24N2. The van der Waals surface area contributed by atoms with Crippen molar-refractivity contribution in [1.29, 1.82) is 0 Å². The van der Waals surface area contributed by atoms with E-state index in [0.29, 0.717) is 0 Å². The first-order valence-electron chi connectivity index (χ1n) is 9.43. The predicted octanol–water partition coefficient (Wildman–Crippen LogP) is 6.09. The van der Waals surface area contributed by atoms with Crippen molar-refractivity contribution in [2.75, 3.05) is 0 Å². The maximum absolute atomic E-state index is 4.90. The smallest absolute Gasteiger partial charge is 0.114 e. The maximum Gasteiger partial charge on any atom is 0.114 e. The number of benzene rings is 3. The fourth-order valence-corrected chi connectivity index (χ4v) is 3.45. The van der Waals surface area contributed by atoms with E-state index in [2.05, 4.69) is 90.4 Å². The summed E-state index contributed by atoms with van der Waals surface area (Å²) in [6, 6.07) is 27.9. The average molecular weight is 340 g/mol. The van der Waals surface area contributed by atoms with Crippen molar-refractivity contribution >= 4 is 11.0 Å². The fraction of sp³-hybridized carbons (Fsp3) is 0.208. The van der Waals surface area contributed by atoms with Crippen molar-refractivity contribution in [2.24, 2.45) is 0 Å². The number of hydrogen-bond donors (Lipinski definition) is 0. The van der Waals surface area contributed by atoms with Crippen LogP contribution in [0.15, 0.2) is 78.9 Å². The molecule has 0 aliphatic rings. The van der Waals surface area contributed by atoms with Gasteiger partial charge in [-0.05, 0) is 35.2 Å². The lowest BCUT2D eigenvalue weighted by Gasteiger charge is -2.09. The van der Waals surface area contributed by atoms with Gasteiger partial charge in [-0.3, -0.25) is 0 Å². The minimum Gasteiger partial charge on any atom is -0.328 e. The summed E-state index contributed by atoms with van der Waals surface area (Å²) in [4.78, 5) is 4.90. The number of aryl methyl sites for hydroxylation is 1. The maximum atomic E-state index is 4.90. The van der Waals surface area contributed by atoms with Crippen LogP contribution in [0.3, 0.4) is 0 Å². The number of para-hydroxylation sites is 2. The highest BCUT2D eigenvalue weighted by atomic mass is 15.1. The van der Waals surface area contributed by atoms with Crippen LogP contribution < -0.4 is 0 Å². The van der Waals surface area contributed by atoms with Gasteiger partial charge in [-0.1, -0.05) is 80.1 Å². The van der Waals surface area contributed by atoms with E-state index in [4.69, 9.17) is 4.98 Å². The first-order valence-corrected chi connectivity index (χ1v) is 9.43. The minimum atomic E-state index is 0.869. The molecule has 0 N–H and O–H groups in total. The SMILES string of the molecule is CCCCn1c(Cc2ccc(-c3ccccc3)cc2)nc2ccccc21. The Bertz CT molecular complexity index is 982. The highest BCUT2D eigenvalue weighted by Gasteiger charge is 2.10. The monoisotopic (exact) mass is 340 g/mol. The lowest BCUT2D eigenvalue weighted by molar-refractivity contribution is 0.623. The van der Waals surface area contributed by atoms with E-state index in [1.807, 2.05) is 0 Å². The van der Waals surface area contributed by atoms with Crippen LogP contribution in [-0.2, 0) is 13.0 Å². The second kappa shape index (κ2) is 7.57. The van der Waals surface area contributed by atoms with Crippen molar-refractivity contribution in [1.82, 2.24) is 9.55 Å². The second-order valence-corrected chi connectivity index (χ2v) is 6.76. The zero-order chi connectivity index (χ0) is 17.8. The van der Waals surface area contributed by atoms with Crippen LogP contribution in [0.2, 0.25) is 0 Å². The lowest BCUT2D eigenvalue weighted by atomic mass is 10.0. The van der Waals surface area contributed by atoms with Gasteiger partial charge in [0, 0.05) is 13.0 Å². The molecule has 4 aromatic rings. The third kappa shape index (κ3) is 3.41. The Kier molecular flexibility index (Phi) is 4.83. The molecule has 1 aromatic heterocycles. The number of nitrogens with zero attached hydrogens (tertiary/aromatic N) is 2. The lowest BCUT2D eigenvalue weighted by Crippen LogP contribution is -2.04. The molecule has 0 aliphatic carbocycles. The zero-order valence-corrected chi connectivity index (χ0v) is 15.2. The van der Waals surface area contributed by atoms with Gasteiger partial charge < -0.3 is 4.57 Å². The summed E-state index contributed by atoms with van der Waals surface area (Å²) in [5.74, 6) is 1.16. The standard InChI is InChI=1S/C24H24N2/c1-2-3-17-26-23-12-8-7-11-22(23)25-24(26)18-19-13-15-21(16-14-19)20-9-5-4-6-10-20/h4-16H,2-3,17-18H2,1H3. The quantitative estimate of drug-likeness (QED) is 0.415. The number of rotatable bonds is 6. The van der Waals surface area contributed by atoms with Crippen LogP contribution >= 0.6 is 0 Å². The van der Waals surface area contributed by atoms with E-state index in [0.717, 1.165) is 24.3 Å². The Labute approximate surface area is 155 Å². The van der Waals surface area contributed by atoms with Crippen molar-refractivity contribution in [2.45, 2.75) is 32.7 Å². The Morgan fingerprint density at radius 2 is 1.46 bits per heavy atom. The van der Waals surface area contributed by atoms with Crippen molar-refractivity contribution in [3.05, 3.63) is 90.3 Å². The van der Waals surface area contributed by atoms with Gasteiger partial charge in [-0.25, -0.2) is 4.98 Å². The summed E-state index contributed by atoms with van der Waals surface area (Å²) in [7, 11) is 0. The van der Waals surface area contributed by atoms with E-state index in [1.54, 1.807) is 0 Å². The molecule has 2 nitrogen and oxygen atoms in total. The highest BCUT2D eigenvalue weighted by Crippen LogP contribution is 2.22. The summed E-state index contributed by atoms with van der Waals surface area (Å²) < 4.78 is 2.39. The third-order valence-corrected chi connectivity index (χ3v) is 4.89. The molecule has 0 spiro atoms. The summed E-state index contributed by atoms with van der Waals surface area (Å²) in [6.45, 7) is 3.27. The van der Waals surface area contributed by atoms with Gasteiger partial charge in [-0.2, -0.15) is 0 Å². The molecule has 0 fully saturated rings. The minimum absolute atomic E-state index is 0.869. The van der Waals surface area contributed by atoms with Crippen LogP contribution in [0.25, 0.3) is 22.2 Å². The van der Waals surface area contributed by atoms with E-state index in [1.165, 1.54) is 35.0 Å². The van der Waals surface area contributed by atoms with Gasteiger partial charge >= 0.3 is 0 Å². The molecule has 130 valence electrons. The molecule has 0 aliphatic heterocycles. The third-order valence-electron chi connectivity index (χ3n) is 4.89. The molecular weight excluding hydrogens is 316 g/mol. The van der Waals surface area contributed by atoms with Gasteiger partial charge in [0.1, 0.15) is 5.82 Å². The van der Waals surface area contributed by atoms with E-state index >= 15 is 0 Å². The number of fused-ring (bicyclic) bond motifs is 1. The number of unbranched alkanes of at least 4 members (excludes halogenated alkanes) is 1. The van der Waals surface area contributed by atoms with Gasteiger partial charge in [-0.15, -0.1) is 0 Å². The first-order chi connectivity index (χ1) is 12.8. The summed E-state index contributed by atoms with van der Waals surface area (Å²) >= 11 is 0. The topological polar surface area (TPSA) is 17.8 Å². The molecule has 0 atom stereocenters. The average Bonchev–Trinajstić information content (AvgIpc) is 3.04. The van der Waals surface area contributed by atoms with Crippen LogP contribution in [0.5, 0.6) is 0 Å². The number of hydrogen-bond acceptors (Lipinski definition) is 1. The summed E-state index contributed by atoms with van der Waals surface area (Å²) in [6.07, 6.45) is 3.24. The molecule has 1 heterocycles. The normalized spacial score (nSPS) is 11.1. The largest absolute Gasteiger partial charge is 0.328 e. The summed E-state index contributed by atoms with van der Waals surface area (Å²) in [5, 5.41) is 0. The zero-order valence-electron chi connectivity index (χ0n) is 15.2. The van der Waals surface area contributed by atoms with Gasteiger partial charge in [0.25, 0.3) is 0 Å². The van der Waals surface area contributed by atoms with Crippen LogP contribution in [-0.4, -0.2) is 9.55 Å². The summed E-state index contributed by atoms with van der Waals surface area (Å²) in [5.41, 5.74) is 6.16. The molecule has 26 heavy (non-hydrogen) atoms. The van der Waals surface area contributed by atoms with Crippen molar-refractivity contribution < 1.29 is 0 Å². The first kappa shape index (κ1) is 16.6. The molecule has 0 radical (unpaired) electrons. The van der Waals surface area contributed by atoms with Crippen molar-refractivity contribution in [3.8, 4) is 11.1 Å². The number of imidazole rings is 1. The molecule has 0 amide bonds. The van der Waals surface area contributed by atoms with Gasteiger partial charge in [0.2, 0.25) is 0 Å². The van der Waals surface area contributed by atoms with Gasteiger partial charge in [0.15, 0.2) is 0 Å². The predicted molar refractivity (Wildman–Crippen MR) is 109 cm³/mol. The van der Waals surface area contributed by atoms with Crippen LogP contribution in [0, 0.1) is 0 Å². The molecule has 0 bridgehead atoms. The Morgan fingerprint density at radius 3 is 2.23 bits per heavy atom. The Balaban J connectivity index is 1.62. The molecule has 2 heteroatoms. The molecule has 3 aromatic carbocycles. The van der Waals surface area contributed by atoms with Crippen LogP contribution in [0.1, 0.15) is 31.2 Å². The second-order valence-electron chi connectivity index (χ2n) is 6.76. The Hall–Kier alpha value is -2.87. The van der Waals surface area contributed by atoms with Crippen molar-refractivity contribution in [3.63, 3.8) is 0 Å². The van der Waals surface area contributed by atoms with E-state index in [9.17, 15) is 0 Å². The molecule has 0 saturated heterocycles. The molecule has 0 unspecified atom stereocenters. The van der Waals surface area contributed by atoms with Crippen LogP contribution in [0.4, 0.5) is 0 Å². The molecule has 4 rings (SSSR count). The molecule has 0 saturated carbocycles. The van der Waals surface area contributed by atoms with E-state index < -0.39 is 0 Å². The van der Waals surface area contributed by atoms with E-state index in [-0.39, 0.29) is 0 Å². The van der Waals surface area contributed by atoms with Gasteiger partial charge in [0.05, 0.1) is 11.0 Å². The Morgan fingerprint density at radius 1 is 0.769 bits per heavy atom. The number of aromatic nitrogens is 2.